The molecule has 0 amide bonds. The lowest BCUT2D eigenvalue weighted by Gasteiger charge is -2.15. The van der Waals surface area contributed by atoms with Crippen LogP contribution >= 0.6 is 0 Å². The van der Waals surface area contributed by atoms with Crippen molar-refractivity contribution in [3.8, 4) is 5.69 Å². The second-order valence-corrected chi connectivity index (χ2v) is 4.89. The number of aromatic nitrogens is 6. The third-order valence-electron chi connectivity index (χ3n) is 3.23. The van der Waals surface area contributed by atoms with E-state index in [4.69, 9.17) is 0 Å². The normalized spacial score (nSPS) is 12.2. The van der Waals surface area contributed by atoms with Gasteiger partial charge in [0.15, 0.2) is 0 Å². The van der Waals surface area contributed by atoms with Crippen LogP contribution in [0.2, 0.25) is 0 Å². The first-order valence-corrected chi connectivity index (χ1v) is 6.87. The van der Waals surface area contributed by atoms with Crippen LogP contribution in [-0.2, 0) is 6.54 Å². The minimum Gasteiger partial charge on any atom is -0.383 e. The minimum atomic E-state index is 0.353. The molecule has 7 heteroatoms. The maximum atomic E-state index is 4.10. The second-order valence-electron chi connectivity index (χ2n) is 4.89. The third kappa shape index (κ3) is 3.44. The molecule has 0 aliphatic carbocycles. The number of benzene rings is 1. The van der Waals surface area contributed by atoms with Gasteiger partial charge in [-0.3, -0.25) is 4.68 Å². The van der Waals surface area contributed by atoms with Crippen LogP contribution in [0.1, 0.15) is 13.3 Å². The summed E-state index contributed by atoms with van der Waals surface area (Å²) < 4.78 is 3.57. The topological polar surface area (TPSA) is 73.5 Å². The van der Waals surface area contributed by atoms with Gasteiger partial charge in [-0.1, -0.05) is 5.21 Å². The van der Waals surface area contributed by atoms with Gasteiger partial charge in [0, 0.05) is 18.3 Å². The van der Waals surface area contributed by atoms with Crippen LogP contribution in [-0.4, -0.2) is 35.8 Å². The smallest absolute Gasteiger partial charge is 0.137 e. The summed E-state index contributed by atoms with van der Waals surface area (Å²) in [4.78, 5) is 3.94. The van der Waals surface area contributed by atoms with Crippen molar-refractivity contribution in [2.75, 3.05) is 5.32 Å². The lowest BCUT2D eigenvalue weighted by molar-refractivity contribution is 0.544. The van der Waals surface area contributed by atoms with Gasteiger partial charge >= 0.3 is 0 Å². The molecule has 0 saturated heterocycles. The predicted octanol–water partition coefficient (Wildman–Crippen LogP) is 1.75. The summed E-state index contributed by atoms with van der Waals surface area (Å²) >= 11 is 0. The van der Waals surface area contributed by atoms with Crippen molar-refractivity contribution in [3.63, 3.8) is 0 Å². The van der Waals surface area contributed by atoms with Crippen LogP contribution in [0.25, 0.3) is 5.69 Å². The summed E-state index contributed by atoms with van der Waals surface area (Å²) in [5.41, 5.74) is 2.08. The largest absolute Gasteiger partial charge is 0.383 e. The molecular formula is C14H17N7. The molecule has 1 atom stereocenters. The quantitative estimate of drug-likeness (QED) is 0.746. The zero-order valence-corrected chi connectivity index (χ0v) is 11.8. The third-order valence-corrected chi connectivity index (χ3v) is 3.23. The monoisotopic (exact) mass is 283 g/mol. The lowest BCUT2D eigenvalue weighted by Crippen LogP contribution is -2.17. The van der Waals surface area contributed by atoms with Crippen molar-refractivity contribution in [2.24, 2.45) is 0 Å². The summed E-state index contributed by atoms with van der Waals surface area (Å²) in [7, 11) is 0. The van der Waals surface area contributed by atoms with Crippen molar-refractivity contribution in [2.45, 2.75) is 25.9 Å². The highest BCUT2D eigenvalue weighted by atomic mass is 15.4. The Balaban J connectivity index is 1.55. The molecule has 0 saturated carbocycles. The van der Waals surface area contributed by atoms with E-state index in [9.17, 15) is 0 Å². The van der Waals surface area contributed by atoms with E-state index in [2.05, 4.69) is 32.6 Å². The molecule has 0 fully saturated rings. The van der Waals surface area contributed by atoms with Crippen LogP contribution in [0.4, 0.5) is 5.69 Å². The Hall–Kier alpha value is -2.70. The molecule has 0 aliphatic heterocycles. The number of nitrogens with zero attached hydrogens (tertiary/aromatic N) is 6. The van der Waals surface area contributed by atoms with Gasteiger partial charge in [-0.15, -0.1) is 5.10 Å². The molecule has 1 aromatic carbocycles. The van der Waals surface area contributed by atoms with Crippen molar-refractivity contribution in [1.82, 2.24) is 29.8 Å². The van der Waals surface area contributed by atoms with Gasteiger partial charge in [0.25, 0.3) is 0 Å². The van der Waals surface area contributed by atoms with Gasteiger partial charge in [-0.2, -0.15) is 5.10 Å². The molecular weight excluding hydrogens is 266 g/mol. The Morgan fingerprint density at radius 2 is 2.10 bits per heavy atom. The standard InChI is InChI=1S/C14H17N7/c1-12(6-8-20-11-15-10-17-20)18-13-2-4-14(5-3-13)21-9-7-16-19-21/h2-5,7,9-12,18H,6,8H2,1H3. The Morgan fingerprint density at radius 3 is 2.76 bits per heavy atom. The molecule has 3 rings (SSSR count). The minimum absolute atomic E-state index is 0.353. The first kappa shape index (κ1) is 13.3. The zero-order chi connectivity index (χ0) is 14.5. The highest BCUT2D eigenvalue weighted by Gasteiger charge is 2.04. The maximum absolute atomic E-state index is 4.10. The van der Waals surface area contributed by atoms with E-state index in [1.165, 1.54) is 0 Å². The van der Waals surface area contributed by atoms with Gasteiger partial charge < -0.3 is 5.32 Å². The van der Waals surface area contributed by atoms with Crippen molar-refractivity contribution in [1.29, 1.82) is 0 Å². The first-order valence-electron chi connectivity index (χ1n) is 6.87. The fraction of sp³-hybridized carbons (Fsp3) is 0.286. The van der Waals surface area contributed by atoms with Gasteiger partial charge in [0.05, 0.1) is 18.1 Å². The molecule has 0 bridgehead atoms. The predicted molar refractivity (Wildman–Crippen MR) is 79.1 cm³/mol. The first-order chi connectivity index (χ1) is 10.3. The van der Waals surface area contributed by atoms with Gasteiger partial charge in [0.2, 0.25) is 0 Å². The summed E-state index contributed by atoms with van der Waals surface area (Å²) in [5, 5.41) is 15.3. The number of nitrogens with one attached hydrogen (secondary N) is 1. The Morgan fingerprint density at radius 1 is 1.24 bits per heavy atom. The Bertz CT molecular complexity index is 643. The molecule has 1 N–H and O–H groups in total. The van der Waals surface area contributed by atoms with E-state index in [0.717, 1.165) is 24.3 Å². The maximum Gasteiger partial charge on any atom is 0.137 e. The van der Waals surface area contributed by atoms with Crippen LogP contribution in [0.3, 0.4) is 0 Å². The average molecular weight is 283 g/mol. The zero-order valence-electron chi connectivity index (χ0n) is 11.8. The molecule has 0 spiro atoms. The van der Waals surface area contributed by atoms with Crippen molar-refractivity contribution < 1.29 is 0 Å². The summed E-state index contributed by atoms with van der Waals surface area (Å²) in [6.45, 7) is 3.01. The van der Waals surface area contributed by atoms with Crippen LogP contribution < -0.4 is 5.32 Å². The number of hydrogen-bond acceptors (Lipinski definition) is 5. The molecule has 2 aromatic heterocycles. The highest BCUT2D eigenvalue weighted by molar-refractivity contribution is 5.48. The Kier molecular flexibility index (Phi) is 3.90. The van der Waals surface area contributed by atoms with Crippen LogP contribution in [0.15, 0.2) is 49.3 Å². The SMILES string of the molecule is CC(CCn1cncn1)Nc1ccc(-n2ccnn2)cc1. The van der Waals surface area contributed by atoms with Crippen molar-refractivity contribution in [3.05, 3.63) is 49.3 Å². The van der Waals surface area contributed by atoms with Gasteiger partial charge in [0.1, 0.15) is 12.7 Å². The molecule has 7 nitrogen and oxygen atoms in total. The number of anilines is 1. The van der Waals surface area contributed by atoms with E-state index in [-0.39, 0.29) is 0 Å². The average Bonchev–Trinajstić information content (AvgIpc) is 3.19. The van der Waals surface area contributed by atoms with E-state index in [0.29, 0.717) is 6.04 Å². The number of hydrogen-bond donors (Lipinski definition) is 1. The van der Waals surface area contributed by atoms with E-state index in [1.807, 2.05) is 35.1 Å². The Labute approximate surface area is 122 Å². The molecule has 108 valence electrons. The number of aryl methyl sites for hydroxylation is 1. The number of rotatable bonds is 6. The summed E-state index contributed by atoms with van der Waals surface area (Å²) in [6, 6.07) is 8.47. The molecule has 3 aromatic rings. The molecule has 1 unspecified atom stereocenters. The molecule has 2 heterocycles. The molecule has 21 heavy (non-hydrogen) atoms. The fourth-order valence-electron chi connectivity index (χ4n) is 2.09. The molecule has 0 aliphatic rings. The lowest BCUT2D eigenvalue weighted by atomic mass is 10.2. The fourth-order valence-corrected chi connectivity index (χ4v) is 2.09. The second kappa shape index (κ2) is 6.17. The summed E-state index contributed by atoms with van der Waals surface area (Å²) in [5.74, 6) is 0. The van der Waals surface area contributed by atoms with E-state index < -0.39 is 0 Å². The van der Waals surface area contributed by atoms with Gasteiger partial charge in [-0.25, -0.2) is 9.67 Å². The van der Waals surface area contributed by atoms with Crippen molar-refractivity contribution >= 4 is 5.69 Å². The molecule has 0 radical (unpaired) electrons. The van der Waals surface area contributed by atoms with Crippen LogP contribution in [0.5, 0.6) is 0 Å². The van der Waals surface area contributed by atoms with E-state index in [1.54, 1.807) is 23.5 Å². The highest BCUT2D eigenvalue weighted by Crippen LogP contribution is 2.14. The van der Waals surface area contributed by atoms with Gasteiger partial charge in [-0.05, 0) is 37.6 Å². The van der Waals surface area contributed by atoms with Crippen LogP contribution in [0, 0.1) is 0 Å². The van der Waals surface area contributed by atoms with E-state index >= 15 is 0 Å². The summed E-state index contributed by atoms with van der Waals surface area (Å²) in [6.07, 6.45) is 7.76.